The van der Waals surface area contributed by atoms with Crippen LogP contribution < -0.4 is 21.8 Å². The molecular formula is C22H25BrN8O3. The molecule has 0 unspecified atom stereocenters. The van der Waals surface area contributed by atoms with Gasteiger partial charge in [0, 0.05) is 17.6 Å². The number of nitrogens with zero attached hydrogens (tertiary/aromatic N) is 4. The van der Waals surface area contributed by atoms with Crippen molar-refractivity contribution in [3.63, 3.8) is 0 Å². The minimum Gasteiger partial charge on any atom is -0.370 e. The van der Waals surface area contributed by atoms with Crippen molar-refractivity contribution in [1.29, 1.82) is 0 Å². The summed E-state index contributed by atoms with van der Waals surface area (Å²) in [6.07, 6.45) is 0.814. The van der Waals surface area contributed by atoms with Crippen molar-refractivity contribution in [2.45, 2.75) is 19.8 Å². The predicted octanol–water partition coefficient (Wildman–Crippen LogP) is 2.67. The molecule has 0 aliphatic carbocycles. The second kappa shape index (κ2) is 12.5. The summed E-state index contributed by atoms with van der Waals surface area (Å²) >= 11 is 3.45. The number of hydrogen-bond acceptors (Lipinski definition) is 8. The van der Waals surface area contributed by atoms with Crippen LogP contribution in [0.2, 0.25) is 0 Å². The van der Waals surface area contributed by atoms with Crippen LogP contribution in [0.15, 0.2) is 67.6 Å². The van der Waals surface area contributed by atoms with Crippen LogP contribution in [0.25, 0.3) is 0 Å². The molecule has 0 bridgehead atoms. The van der Waals surface area contributed by atoms with Crippen molar-refractivity contribution >= 4 is 45.1 Å². The highest BCUT2D eigenvalue weighted by Gasteiger charge is 2.16. The molecule has 0 aliphatic heterocycles. The molecule has 0 fully saturated rings. The van der Waals surface area contributed by atoms with Gasteiger partial charge in [-0.2, -0.15) is 0 Å². The molecule has 3 aromatic rings. The second-order valence-corrected chi connectivity index (χ2v) is 8.08. The number of halogens is 1. The Morgan fingerprint density at radius 1 is 1.21 bits per heavy atom. The number of benzene rings is 2. The molecule has 0 spiro atoms. The molecule has 0 atom stereocenters. The normalized spacial score (nSPS) is 11.9. The number of guanidine groups is 1. The first-order chi connectivity index (χ1) is 16.5. The fraction of sp³-hybridized carbons (Fsp3) is 0.227. The van der Waals surface area contributed by atoms with Gasteiger partial charge in [-0.1, -0.05) is 52.3 Å². The Kier molecular flexibility index (Phi) is 9.12. The third kappa shape index (κ3) is 7.39. The van der Waals surface area contributed by atoms with Gasteiger partial charge in [-0.15, -0.1) is 0 Å². The average molecular weight is 529 g/mol. The first-order valence-corrected chi connectivity index (χ1v) is 11.2. The minimum absolute atomic E-state index is 0.0629. The van der Waals surface area contributed by atoms with Gasteiger partial charge in [0.25, 0.3) is 0 Å². The van der Waals surface area contributed by atoms with Crippen LogP contribution in [0.4, 0.5) is 11.5 Å². The van der Waals surface area contributed by atoms with Gasteiger partial charge in [0.1, 0.15) is 0 Å². The van der Waals surface area contributed by atoms with Crippen LogP contribution in [0.5, 0.6) is 0 Å². The standard InChI is InChI=1S/C22H25BrN8O3/c1-14-8-9-16(13-17(14)23)27-21(29-33)19-20(31-34-30-19)25-10-5-11-26-22(24)28-18(32)12-15-6-3-2-4-7-15/h2-4,6-9,13,33H,5,10-12H2,1H3,(H,25,31)(H,27,29)(H3,24,26,28,32). The molecule has 1 heterocycles. The summed E-state index contributed by atoms with van der Waals surface area (Å²) in [4.78, 5) is 20.5. The third-order valence-electron chi connectivity index (χ3n) is 4.60. The molecule has 0 radical (unpaired) electrons. The highest BCUT2D eigenvalue weighted by molar-refractivity contribution is 9.10. The summed E-state index contributed by atoms with van der Waals surface area (Å²) in [5, 5.41) is 22.8. The number of aryl methyl sites for hydroxylation is 1. The number of rotatable bonds is 9. The van der Waals surface area contributed by atoms with E-state index in [1.165, 1.54) is 0 Å². The Labute approximate surface area is 204 Å². The van der Waals surface area contributed by atoms with Crippen molar-refractivity contribution in [3.05, 3.63) is 69.8 Å². The van der Waals surface area contributed by atoms with Gasteiger partial charge in [-0.3, -0.25) is 25.8 Å². The van der Waals surface area contributed by atoms with E-state index in [1.54, 1.807) is 6.07 Å². The molecule has 2 aromatic carbocycles. The summed E-state index contributed by atoms with van der Waals surface area (Å²) in [6.45, 7) is 2.80. The highest BCUT2D eigenvalue weighted by atomic mass is 79.9. The van der Waals surface area contributed by atoms with E-state index in [0.29, 0.717) is 31.0 Å². The Hall–Kier alpha value is -3.77. The number of carbonyl (C=O) groups is 1. The van der Waals surface area contributed by atoms with Crippen molar-refractivity contribution in [2.75, 3.05) is 18.4 Å². The third-order valence-corrected chi connectivity index (χ3v) is 5.45. The SMILES string of the molecule is Cc1ccc(N=C(NO)c2nonc2NCCCN=C(N)NC(=O)Cc2ccccc2)cc1Br. The van der Waals surface area contributed by atoms with E-state index in [9.17, 15) is 10.0 Å². The number of aromatic nitrogens is 2. The van der Waals surface area contributed by atoms with E-state index in [0.717, 1.165) is 15.6 Å². The number of nitrogens with one attached hydrogen (secondary N) is 3. The number of nitrogens with two attached hydrogens (primary N) is 1. The number of hydroxylamine groups is 1. The molecule has 12 heteroatoms. The summed E-state index contributed by atoms with van der Waals surface area (Å²) in [5.74, 6) is 0.211. The molecule has 0 saturated heterocycles. The van der Waals surface area contributed by atoms with Gasteiger partial charge in [0.15, 0.2) is 17.5 Å². The quantitative estimate of drug-likeness (QED) is 0.122. The van der Waals surface area contributed by atoms with Gasteiger partial charge in [-0.25, -0.2) is 9.62 Å². The van der Waals surface area contributed by atoms with Crippen LogP contribution in [-0.4, -0.2) is 46.3 Å². The lowest BCUT2D eigenvalue weighted by molar-refractivity contribution is -0.119. The highest BCUT2D eigenvalue weighted by Crippen LogP contribution is 2.23. The number of amidine groups is 1. The molecule has 11 nitrogen and oxygen atoms in total. The Balaban J connectivity index is 1.49. The van der Waals surface area contributed by atoms with Crippen molar-refractivity contribution in [3.8, 4) is 0 Å². The number of anilines is 1. The van der Waals surface area contributed by atoms with Crippen LogP contribution in [0.1, 0.15) is 23.2 Å². The van der Waals surface area contributed by atoms with E-state index in [-0.39, 0.29) is 29.8 Å². The van der Waals surface area contributed by atoms with E-state index >= 15 is 0 Å². The summed E-state index contributed by atoms with van der Waals surface area (Å²) in [5.41, 5.74) is 10.6. The summed E-state index contributed by atoms with van der Waals surface area (Å²) < 4.78 is 5.69. The van der Waals surface area contributed by atoms with E-state index in [4.69, 9.17) is 10.4 Å². The predicted molar refractivity (Wildman–Crippen MR) is 132 cm³/mol. The maximum atomic E-state index is 12.0. The molecule has 0 aliphatic rings. The monoisotopic (exact) mass is 528 g/mol. The lowest BCUT2D eigenvalue weighted by atomic mass is 10.1. The zero-order chi connectivity index (χ0) is 24.3. The number of aliphatic imine (C=N–C) groups is 2. The molecule has 178 valence electrons. The zero-order valence-corrected chi connectivity index (χ0v) is 20.0. The fourth-order valence-electron chi connectivity index (χ4n) is 2.86. The number of carbonyl (C=O) groups excluding carboxylic acids is 1. The molecule has 6 N–H and O–H groups in total. The van der Waals surface area contributed by atoms with Crippen LogP contribution in [0.3, 0.4) is 0 Å². The van der Waals surface area contributed by atoms with Gasteiger partial charge in [0.2, 0.25) is 11.7 Å². The second-order valence-electron chi connectivity index (χ2n) is 7.22. The molecule has 1 amide bonds. The number of hydrogen-bond donors (Lipinski definition) is 5. The van der Waals surface area contributed by atoms with Gasteiger partial charge < -0.3 is 11.1 Å². The molecule has 1 aromatic heterocycles. The Morgan fingerprint density at radius 2 is 2.00 bits per heavy atom. The maximum Gasteiger partial charge on any atom is 0.231 e. The zero-order valence-electron chi connectivity index (χ0n) is 18.5. The summed E-state index contributed by atoms with van der Waals surface area (Å²) in [6, 6.07) is 14.9. The van der Waals surface area contributed by atoms with Crippen LogP contribution >= 0.6 is 15.9 Å². The first kappa shape index (κ1) is 24.9. The molecular weight excluding hydrogens is 504 g/mol. The largest absolute Gasteiger partial charge is 0.370 e. The average Bonchev–Trinajstić information content (AvgIpc) is 3.28. The smallest absolute Gasteiger partial charge is 0.231 e. The molecule has 3 rings (SSSR count). The van der Waals surface area contributed by atoms with Crippen molar-refractivity contribution in [1.82, 2.24) is 21.1 Å². The first-order valence-electron chi connectivity index (χ1n) is 10.4. The minimum atomic E-state index is -0.229. The lowest BCUT2D eigenvalue weighted by Crippen LogP contribution is -2.37. The number of amides is 1. The van der Waals surface area contributed by atoms with E-state index in [1.807, 2.05) is 54.9 Å². The van der Waals surface area contributed by atoms with E-state index in [2.05, 4.69) is 46.9 Å². The van der Waals surface area contributed by atoms with Gasteiger partial charge >= 0.3 is 0 Å². The topological polar surface area (TPSA) is 163 Å². The Morgan fingerprint density at radius 3 is 2.74 bits per heavy atom. The molecule has 0 saturated carbocycles. The Bertz CT molecular complexity index is 1160. The van der Waals surface area contributed by atoms with Crippen molar-refractivity contribution in [2.24, 2.45) is 15.7 Å². The van der Waals surface area contributed by atoms with Crippen LogP contribution in [0, 0.1) is 6.92 Å². The summed E-state index contributed by atoms with van der Waals surface area (Å²) in [7, 11) is 0. The molecule has 34 heavy (non-hydrogen) atoms. The van der Waals surface area contributed by atoms with Gasteiger partial charge in [-0.05, 0) is 46.9 Å². The maximum absolute atomic E-state index is 12.0. The van der Waals surface area contributed by atoms with Crippen LogP contribution in [-0.2, 0) is 11.2 Å². The van der Waals surface area contributed by atoms with Gasteiger partial charge in [0.05, 0.1) is 12.1 Å². The fourth-order valence-corrected chi connectivity index (χ4v) is 3.23. The van der Waals surface area contributed by atoms with E-state index < -0.39 is 0 Å². The van der Waals surface area contributed by atoms with Crippen molar-refractivity contribution < 1.29 is 14.6 Å². The lowest BCUT2D eigenvalue weighted by Gasteiger charge is -2.06.